The molecule has 0 saturated carbocycles. The molecule has 4 amide bonds. The third kappa shape index (κ3) is 12.2. The van der Waals surface area contributed by atoms with Gasteiger partial charge in [-0.15, -0.1) is 0 Å². The molecule has 0 radical (unpaired) electrons. The molecule has 0 saturated heterocycles. The van der Waals surface area contributed by atoms with Crippen LogP contribution in [0.1, 0.15) is 39.0 Å². The van der Waals surface area contributed by atoms with Gasteiger partial charge in [0.25, 0.3) is 0 Å². The van der Waals surface area contributed by atoms with Crippen LogP contribution >= 0.6 is 11.8 Å². The molecule has 6 N–H and O–H groups in total. The van der Waals surface area contributed by atoms with Gasteiger partial charge in [0.05, 0.1) is 5.69 Å². The van der Waals surface area contributed by atoms with E-state index in [0.29, 0.717) is 24.3 Å². The lowest BCUT2D eigenvalue weighted by molar-refractivity contribution is -0.138. The highest BCUT2D eigenvalue weighted by molar-refractivity contribution is 7.99. The van der Waals surface area contributed by atoms with E-state index in [0.717, 1.165) is 11.5 Å². The van der Waals surface area contributed by atoms with Crippen LogP contribution in [-0.2, 0) is 9.59 Å². The number of hydrazine groups is 1. The number of nitrogens with one attached hydrogen (secondary N) is 5. The fourth-order valence-electron chi connectivity index (χ4n) is 2.33. The monoisotopic (exact) mass is 439 g/mol. The number of hydrogen-bond donors (Lipinski definition) is 6. The Morgan fingerprint density at radius 2 is 1.60 bits per heavy atom. The normalized spacial score (nSPS) is 10.2. The van der Waals surface area contributed by atoms with Crippen molar-refractivity contribution in [2.45, 2.75) is 39.0 Å². The summed E-state index contributed by atoms with van der Waals surface area (Å²) in [7, 11) is 0. The molecule has 10 heteroatoms. The van der Waals surface area contributed by atoms with E-state index >= 15 is 0 Å². The zero-order valence-corrected chi connectivity index (χ0v) is 18.3. The number of aliphatic hydroxyl groups is 1. The molecular formula is C20H33N5O4S. The zero-order chi connectivity index (χ0) is 22.0. The summed E-state index contributed by atoms with van der Waals surface area (Å²) in [6.45, 7) is 2.97. The third-order valence-corrected chi connectivity index (χ3v) is 5.03. The standard InChI is InChI=1S/C20H33N5O4S/c1-2-3-4-5-14-30-15-12-22-20(29)23-16-7-9-17(10-8-16)24-25-19(28)18(27)21-11-6-13-26/h7-10,24,26H,2-6,11-15H2,1H3,(H,21,27)(H,25,28)(H2,22,23,29). The average Bonchev–Trinajstić information content (AvgIpc) is 2.75. The Hall–Kier alpha value is -2.46. The van der Waals surface area contributed by atoms with Gasteiger partial charge in [-0.3, -0.25) is 20.4 Å². The van der Waals surface area contributed by atoms with Crippen LogP contribution in [0, 0.1) is 0 Å². The van der Waals surface area contributed by atoms with E-state index in [4.69, 9.17) is 5.11 Å². The smallest absolute Gasteiger partial charge is 0.327 e. The molecule has 0 bridgehead atoms. The quantitative estimate of drug-likeness (QED) is 0.149. The van der Waals surface area contributed by atoms with Gasteiger partial charge in [0, 0.05) is 31.1 Å². The predicted molar refractivity (Wildman–Crippen MR) is 121 cm³/mol. The molecule has 0 aliphatic rings. The molecule has 0 fully saturated rings. The van der Waals surface area contributed by atoms with Gasteiger partial charge in [-0.05, 0) is 42.9 Å². The van der Waals surface area contributed by atoms with Crippen LogP contribution in [-0.4, -0.2) is 54.2 Å². The van der Waals surface area contributed by atoms with Crippen molar-refractivity contribution in [2.75, 3.05) is 41.9 Å². The van der Waals surface area contributed by atoms with Crippen molar-refractivity contribution in [1.29, 1.82) is 0 Å². The van der Waals surface area contributed by atoms with Crippen molar-refractivity contribution in [3.8, 4) is 0 Å². The van der Waals surface area contributed by atoms with Crippen LogP contribution < -0.4 is 26.8 Å². The summed E-state index contributed by atoms with van der Waals surface area (Å²) in [6.07, 6.45) is 5.39. The Morgan fingerprint density at radius 3 is 2.30 bits per heavy atom. The van der Waals surface area contributed by atoms with Crippen LogP contribution in [0.15, 0.2) is 24.3 Å². The minimum Gasteiger partial charge on any atom is -0.396 e. The number of rotatable bonds is 14. The fraction of sp³-hybridized carbons (Fsp3) is 0.550. The van der Waals surface area contributed by atoms with Gasteiger partial charge in [-0.25, -0.2) is 4.79 Å². The molecule has 0 aliphatic heterocycles. The maximum Gasteiger partial charge on any atom is 0.327 e. The van der Waals surface area contributed by atoms with Crippen molar-refractivity contribution >= 4 is 41.0 Å². The number of urea groups is 1. The van der Waals surface area contributed by atoms with E-state index in [9.17, 15) is 14.4 Å². The van der Waals surface area contributed by atoms with Gasteiger partial charge >= 0.3 is 17.8 Å². The number of benzene rings is 1. The highest BCUT2D eigenvalue weighted by atomic mass is 32.2. The zero-order valence-electron chi connectivity index (χ0n) is 17.5. The average molecular weight is 440 g/mol. The van der Waals surface area contributed by atoms with E-state index < -0.39 is 11.8 Å². The summed E-state index contributed by atoms with van der Waals surface area (Å²) in [5.74, 6) is 0.386. The number of carbonyl (C=O) groups is 3. The number of carbonyl (C=O) groups excluding carboxylic acids is 3. The fourth-order valence-corrected chi connectivity index (χ4v) is 3.19. The van der Waals surface area contributed by atoms with Crippen molar-refractivity contribution in [2.24, 2.45) is 0 Å². The van der Waals surface area contributed by atoms with Gasteiger partial charge in [0.2, 0.25) is 0 Å². The number of anilines is 2. The lowest BCUT2D eigenvalue weighted by Crippen LogP contribution is -2.42. The molecule has 0 unspecified atom stereocenters. The second kappa shape index (κ2) is 16.3. The summed E-state index contributed by atoms with van der Waals surface area (Å²) in [6, 6.07) is 6.41. The first-order valence-corrected chi connectivity index (χ1v) is 11.4. The highest BCUT2D eigenvalue weighted by Gasteiger charge is 2.11. The molecule has 0 atom stereocenters. The first kappa shape index (κ1) is 25.6. The second-order valence-corrected chi connectivity index (χ2v) is 7.77. The minimum atomic E-state index is -0.835. The Morgan fingerprint density at radius 1 is 0.867 bits per heavy atom. The van der Waals surface area contributed by atoms with Gasteiger partial charge < -0.3 is 21.1 Å². The van der Waals surface area contributed by atoms with Gasteiger partial charge in [-0.2, -0.15) is 11.8 Å². The molecule has 0 heterocycles. The van der Waals surface area contributed by atoms with Crippen LogP contribution in [0.25, 0.3) is 0 Å². The SMILES string of the molecule is CCCCCCSCCNC(=O)Nc1ccc(NNC(=O)C(=O)NCCCO)cc1. The maximum absolute atomic E-state index is 11.9. The van der Waals surface area contributed by atoms with E-state index in [1.54, 1.807) is 24.3 Å². The molecule has 1 rings (SSSR count). The molecule has 168 valence electrons. The lowest BCUT2D eigenvalue weighted by Gasteiger charge is -2.10. The Balaban J connectivity index is 2.20. The van der Waals surface area contributed by atoms with E-state index in [-0.39, 0.29) is 19.2 Å². The third-order valence-electron chi connectivity index (χ3n) is 3.96. The summed E-state index contributed by atoms with van der Waals surface area (Å²) in [5.41, 5.74) is 6.06. The molecule has 9 nitrogen and oxygen atoms in total. The molecular weight excluding hydrogens is 406 g/mol. The van der Waals surface area contributed by atoms with Crippen LogP contribution in [0.5, 0.6) is 0 Å². The molecule has 30 heavy (non-hydrogen) atoms. The number of thioether (sulfide) groups is 1. The highest BCUT2D eigenvalue weighted by Crippen LogP contribution is 2.12. The van der Waals surface area contributed by atoms with Gasteiger partial charge in [0.1, 0.15) is 0 Å². The Labute approximate surface area is 182 Å². The number of amides is 4. The Bertz CT molecular complexity index is 643. The summed E-state index contributed by atoms with van der Waals surface area (Å²) < 4.78 is 0. The lowest BCUT2D eigenvalue weighted by atomic mass is 10.2. The molecule has 0 aromatic heterocycles. The summed E-state index contributed by atoms with van der Waals surface area (Å²) in [5, 5.41) is 16.6. The van der Waals surface area contributed by atoms with Crippen molar-refractivity contribution in [3.05, 3.63) is 24.3 Å². The summed E-state index contributed by atoms with van der Waals surface area (Å²) >= 11 is 1.84. The Kier molecular flexibility index (Phi) is 13.9. The number of unbranched alkanes of at least 4 members (excludes halogenated alkanes) is 3. The maximum atomic E-state index is 11.9. The van der Waals surface area contributed by atoms with Crippen LogP contribution in [0.2, 0.25) is 0 Å². The number of aliphatic hydroxyl groups excluding tert-OH is 1. The summed E-state index contributed by atoms with van der Waals surface area (Å²) in [4.78, 5) is 35.0. The molecule has 1 aromatic carbocycles. The predicted octanol–water partition coefficient (Wildman–Crippen LogP) is 2.06. The second-order valence-electron chi connectivity index (χ2n) is 6.54. The van der Waals surface area contributed by atoms with Crippen molar-refractivity contribution < 1.29 is 19.5 Å². The van der Waals surface area contributed by atoms with Gasteiger partial charge in [-0.1, -0.05) is 26.2 Å². The van der Waals surface area contributed by atoms with E-state index in [1.165, 1.54) is 25.7 Å². The van der Waals surface area contributed by atoms with Crippen LogP contribution in [0.4, 0.5) is 16.2 Å². The first-order chi connectivity index (χ1) is 14.6. The van der Waals surface area contributed by atoms with E-state index in [2.05, 4.69) is 33.7 Å². The topological polar surface area (TPSA) is 132 Å². The first-order valence-electron chi connectivity index (χ1n) is 10.2. The molecule has 0 spiro atoms. The number of hydrogen-bond acceptors (Lipinski definition) is 6. The molecule has 1 aromatic rings. The minimum absolute atomic E-state index is 0.0589. The largest absolute Gasteiger partial charge is 0.396 e. The van der Waals surface area contributed by atoms with Crippen molar-refractivity contribution in [1.82, 2.24) is 16.1 Å². The molecule has 0 aliphatic carbocycles. The van der Waals surface area contributed by atoms with Gasteiger partial charge in [0.15, 0.2) is 0 Å². The van der Waals surface area contributed by atoms with Crippen molar-refractivity contribution in [3.63, 3.8) is 0 Å². The van der Waals surface area contributed by atoms with E-state index in [1.807, 2.05) is 11.8 Å². The van der Waals surface area contributed by atoms with Crippen LogP contribution in [0.3, 0.4) is 0 Å².